The first-order valence-electron chi connectivity index (χ1n) is 17.3. The number of ether oxygens (including phenoxy) is 7. The van der Waals surface area contributed by atoms with Gasteiger partial charge in [-0.05, 0) is 42.0 Å². The maximum atomic E-state index is 15.2. The number of benzene rings is 4. The van der Waals surface area contributed by atoms with Crippen molar-refractivity contribution in [2.24, 2.45) is 0 Å². The predicted molar refractivity (Wildman–Crippen MR) is 199 cm³/mol. The molecule has 0 aliphatic carbocycles. The van der Waals surface area contributed by atoms with Gasteiger partial charge in [0, 0.05) is 71.4 Å². The summed E-state index contributed by atoms with van der Waals surface area (Å²) < 4.78 is 45.0. The van der Waals surface area contributed by atoms with Crippen LogP contribution in [0.4, 0.5) is 0 Å². The van der Waals surface area contributed by atoms with E-state index in [0.717, 1.165) is 45.9 Å². The van der Waals surface area contributed by atoms with Crippen molar-refractivity contribution in [2.75, 3.05) is 0 Å². The monoisotopic (exact) mass is 792 g/mol. The van der Waals surface area contributed by atoms with Gasteiger partial charge in [-0.25, -0.2) is 0 Å². The van der Waals surface area contributed by atoms with Crippen LogP contribution in [0.5, 0.6) is 40.2 Å². The summed E-state index contributed by atoms with van der Waals surface area (Å²) in [6.45, 7) is 6.81. The molecular weight excluding hydrogens is 760 g/mol. The van der Waals surface area contributed by atoms with E-state index in [1.807, 2.05) is 0 Å². The van der Waals surface area contributed by atoms with Gasteiger partial charge in [0.05, 0.1) is 11.5 Å². The smallest absolute Gasteiger partial charge is 0.308 e. The quantitative estimate of drug-likeness (QED) is 0.122. The standard InChI is InChI=1S/C42H32O16/c1-19(43)51-27-11-7-25(8-12-27)31-17-30(49)36-34(55-23(5)47)18-35(56-24(6)48)38(42(36)57-31)39-40(50)37-32(54-22(4)46)15-29(53-21(3)45)16-33(37)58-41(39)26-9-13-28(14-10-26)52-20(2)44/h7-18,39,41H,1-6H3/t39-,41+/m1/s1. The van der Waals surface area contributed by atoms with Crippen molar-refractivity contribution in [1.29, 1.82) is 0 Å². The van der Waals surface area contributed by atoms with Crippen LogP contribution in [0.3, 0.4) is 0 Å². The highest BCUT2D eigenvalue weighted by atomic mass is 16.6. The Hall–Kier alpha value is -7.62. The first-order valence-corrected chi connectivity index (χ1v) is 17.3. The summed E-state index contributed by atoms with van der Waals surface area (Å²) in [5.74, 6) is -8.05. The van der Waals surface area contributed by atoms with Crippen LogP contribution >= 0.6 is 0 Å². The van der Waals surface area contributed by atoms with Gasteiger partial charge in [0.15, 0.2) is 11.2 Å². The van der Waals surface area contributed by atoms with E-state index >= 15 is 4.79 Å². The molecule has 0 spiro atoms. The third-order valence-corrected chi connectivity index (χ3v) is 8.30. The molecule has 6 rings (SSSR count). The molecule has 0 radical (unpaired) electrons. The second-order valence-corrected chi connectivity index (χ2v) is 12.8. The molecule has 16 nitrogen and oxygen atoms in total. The molecule has 1 aliphatic heterocycles. The molecule has 296 valence electrons. The number of ketones is 1. The minimum atomic E-state index is -1.62. The Kier molecular flexibility index (Phi) is 11.2. The largest absolute Gasteiger partial charge is 0.484 e. The lowest BCUT2D eigenvalue weighted by Gasteiger charge is -2.34. The van der Waals surface area contributed by atoms with Crippen LogP contribution in [0.1, 0.15) is 75.0 Å². The lowest BCUT2D eigenvalue weighted by atomic mass is 9.79. The Morgan fingerprint density at radius 1 is 0.534 bits per heavy atom. The number of rotatable bonds is 9. The number of fused-ring (bicyclic) bond motifs is 2. The summed E-state index contributed by atoms with van der Waals surface area (Å²) in [6, 6.07) is 16.3. The van der Waals surface area contributed by atoms with Gasteiger partial charge in [0.1, 0.15) is 68.6 Å². The lowest BCUT2D eigenvalue weighted by Crippen LogP contribution is -2.31. The van der Waals surface area contributed by atoms with E-state index in [9.17, 15) is 33.6 Å². The molecule has 4 aromatic carbocycles. The van der Waals surface area contributed by atoms with E-state index in [2.05, 4.69) is 0 Å². The minimum absolute atomic E-state index is 0.0691. The fourth-order valence-electron chi connectivity index (χ4n) is 6.36. The molecule has 16 heteroatoms. The summed E-state index contributed by atoms with van der Waals surface area (Å²) in [5.41, 5.74) is -1.05. The number of carbonyl (C=O) groups excluding carboxylic acids is 7. The Morgan fingerprint density at radius 2 is 1.03 bits per heavy atom. The first-order chi connectivity index (χ1) is 27.5. The molecule has 2 atom stereocenters. The van der Waals surface area contributed by atoms with E-state index in [4.69, 9.17) is 37.6 Å². The number of esters is 6. The predicted octanol–water partition coefficient (Wildman–Crippen LogP) is 6.11. The van der Waals surface area contributed by atoms with Crippen molar-refractivity contribution in [3.63, 3.8) is 0 Å². The average Bonchev–Trinajstić information content (AvgIpc) is 3.11. The van der Waals surface area contributed by atoms with Gasteiger partial charge >= 0.3 is 35.8 Å². The fraction of sp³-hybridized carbons (Fsp3) is 0.190. The molecule has 1 aromatic heterocycles. The zero-order valence-electron chi connectivity index (χ0n) is 31.6. The van der Waals surface area contributed by atoms with Crippen molar-refractivity contribution in [3.05, 3.63) is 99.7 Å². The molecule has 0 fully saturated rings. The maximum absolute atomic E-state index is 15.2. The summed E-state index contributed by atoms with van der Waals surface area (Å²) in [7, 11) is 0. The highest BCUT2D eigenvalue weighted by Gasteiger charge is 2.45. The third kappa shape index (κ3) is 8.60. The number of hydrogen-bond acceptors (Lipinski definition) is 16. The Morgan fingerprint density at radius 3 is 1.59 bits per heavy atom. The van der Waals surface area contributed by atoms with Crippen LogP contribution in [-0.4, -0.2) is 41.6 Å². The Bertz CT molecular complexity index is 2600. The molecule has 0 saturated carbocycles. The van der Waals surface area contributed by atoms with Crippen molar-refractivity contribution in [2.45, 2.75) is 53.6 Å². The maximum Gasteiger partial charge on any atom is 0.308 e. The van der Waals surface area contributed by atoms with E-state index < -0.39 is 59.0 Å². The first kappa shape index (κ1) is 40.1. The summed E-state index contributed by atoms with van der Waals surface area (Å²) in [6.07, 6.45) is -1.39. The molecule has 2 heterocycles. The Labute approximate surface area is 328 Å². The van der Waals surface area contributed by atoms with Gasteiger partial charge in [-0.3, -0.25) is 38.4 Å². The topological polar surface area (TPSA) is 214 Å². The molecule has 0 bridgehead atoms. The SMILES string of the molecule is CC(=O)Oc1ccc(-c2cc(=O)c3c(OC(C)=O)cc(OC(C)=O)c([C@@H]4C(=O)c5c(OC(C)=O)cc(OC(C)=O)cc5O[C@H]4c4ccc(OC(C)=O)cc4)c3o2)cc1. The molecule has 0 saturated heterocycles. The van der Waals surface area contributed by atoms with Gasteiger partial charge in [-0.15, -0.1) is 0 Å². The van der Waals surface area contributed by atoms with Crippen LogP contribution in [0.2, 0.25) is 0 Å². The van der Waals surface area contributed by atoms with Crippen LogP contribution in [0, 0.1) is 0 Å². The van der Waals surface area contributed by atoms with Gasteiger partial charge in [-0.1, -0.05) is 12.1 Å². The van der Waals surface area contributed by atoms with Crippen molar-refractivity contribution < 1.29 is 71.1 Å². The molecule has 0 amide bonds. The highest BCUT2D eigenvalue weighted by molar-refractivity contribution is 6.10. The number of carbonyl (C=O) groups is 7. The highest BCUT2D eigenvalue weighted by Crippen LogP contribution is 2.53. The molecule has 1 aliphatic rings. The van der Waals surface area contributed by atoms with Crippen molar-refractivity contribution in [1.82, 2.24) is 0 Å². The Balaban J connectivity index is 1.70. The fourth-order valence-corrected chi connectivity index (χ4v) is 6.36. The second-order valence-electron chi connectivity index (χ2n) is 12.8. The third-order valence-electron chi connectivity index (χ3n) is 8.30. The number of Topliss-reactive ketones (excluding diaryl/α,β-unsaturated/α-hetero) is 1. The average molecular weight is 793 g/mol. The van der Waals surface area contributed by atoms with E-state index in [0.29, 0.717) is 5.56 Å². The normalized spacial score (nSPS) is 14.3. The van der Waals surface area contributed by atoms with E-state index in [1.54, 1.807) is 0 Å². The second kappa shape index (κ2) is 16.2. The molecule has 5 aromatic rings. The van der Waals surface area contributed by atoms with Crippen LogP contribution in [0.15, 0.2) is 82.0 Å². The molecule has 58 heavy (non-hydrogen) atoms. The van der Waals surface area contributed by atoms with Gasteiger partial charge in [0.25, 0.3) is 0 Å². The minimum Gasteiger partial charge on any atom is -0.484 e. The lowest BCUT2D eigenvalue weighted by molar-refractivity contribution is -0.133. The summed E-state index contributed by atoms with van der Waals surface area (Å²) in [4.78, 5) is 102. The van der Waals surface area contributed by atoms with E-state index in [-0.39, 0.29) is 73.7 Å². The molecular formula is C42H32O16. The zero-order chi connectivity index (χ0) is 42.0. The summed E-state index contributed by atoms with van der Waals surface area (Å²) >= 11 is 0. The van der Waals surface area contributed by atoms with Gasteiger partial charge in [0.2, 0.25) is 0 Å². The molecule has 0 N–H and O–H groups in total. The summed E-state index contributed by atoms with van der Waals surface area (Å²) in [5, 5.41) is -0.325. The van der Waals surface area contributed by atoms with Crippen LogP contribution < -0.4 is 38.6 Å². The van der Waals surface area contributed by atoms with E-state index in [1.165, 1.54) is 68.4 Å². The van der Waals surface area contributed by atoms with Gasteiger partial charge in [-0.2, -0.15) is 0 Å². The van der Waals surface area contributed by atoms with Crippen molar-refractivity contribution in [3.8, 4) is 51.6 Å². The van der Waals surface area contributed by atoms with Gasteiger partial charge < -0.3 is 37.6 Å². The van der Waals surface area contributed by atoms with Crippen LogP contribution in [-0.2, 0) is 28.8 Å². The van der Waals surface area contributed by atoms with Crippen molar-refractivity contribution >= 4 is 52.6 Å². The zero-order valence-corrected chi connectivity index (χ0v) is 31.6. The number of hydrogen-bond donors (Lipinski definition) is 0. The molecule has 0 unspecified atom stereocenters. The van der Waals surface area contributed by atoms with Crippen LogP contribution in [0.25, 0.3) is 22.3 Å².